The number of hydrogen-bond acceptors (Lipinski definition) is 4. The minimum absolute atomic E-state index is 0. The smallest absolute Gasteiger partial charge is 1.00 e. The Hall–Kier alpha value is 0.851. The molecular weight excluding hydrogens is 158 g/mol. The van der Waals surface area contributed by atoms with Crippen molar-refractivity contribution in [1.82, 2.24) is 0 Å². The molecule has 0 rings (SSSR count). The maximum Gasteiger partial charge on any atom is 1.00 e. The summed E-state index contributed by atoms with van der Waals surface area (Å²) < 4.78 is 0. The summed E-state index contributed by atoms with van der Waals surface area (Å²) in [6.07, 6.45) is -1.83. The molecule has 0 aromatic heterocycles. The summed E-state index contributed by atoms with van der Waals surface area (Å²) in [5, 5.41) is 35.4. The molecule has 0 aliphatic rings. The molecular formula is CH6BKO6. The first-order valence-corrected chi connectivity index (χ1v) is 1.43. The quantitative estimate of drug-likeness (QED) is 0.229. The van der Waals surface area contributed by atoms with E-state index < -0.39 is 13.5 Å². The Kier molecular flexibility index (Phi) is 21.2. The molecule has 0 aliphatic heterocycles. The summed E-state index contributed by atoms with van der Waals surface area (Å²) in [5.74, 6) is 0. The third-order valence-corrected chi connectivity index (χ3v) is 0. The Labute approximate surface area is 95.2 Å². The van der Waals surface area contributed by atoms with E-state index in [2.05, 4.69) is 0 Å². The zero-order valence-electron chi connectivity index (χ0n) is 5.72. The van der Waals surface area contributed by atoms with Gasteiger partial charge in [0, 0.05) is 0 Å². The van der Waals surface area contributed by atoms with E-state index in [-0.39, 0.29) is 52.8 Å². The van der Waals surface area contributed by atoms with Gasteiger partial charge in [-0.1, -0.05) is 0 Å². The van der Waals surface area contributed by atoms with Crippen LogP contribution in [0.25, 0.3) is 0 Å². The first-order chi connectivity index (χ1) is 3.46. The zero-order chi connectivity index (χ0) is 7.15. The van der Waals surface area contributed by atoms with Gasteiger partial charge >= 0.3 is 64.9 Å². The van der Waals surface area contributed by atoms with Crippen LogP contribution in [0.1, 0.15) is 1.43 Å². The van der Waals surface area contributed by atoms with Crippen LogP contribution in [0.15, 0.2) is 0 Å². The minimum atomic E-state index is -2.17. The Morgan fingerprint density at radius 2 is 1.22 bits per heavy atom. The van der Waals surface area contributed by atoms with E-state index in [1.54, 1.807) is 0 Å². The number of rotatable bonds is 0. The monoisotopic (exact) mass is 164 g/mol. The van der Waals surface area contributed by atoms with Gasteiger partial charge in [0.2, 0.25) is 0 Å². The molecule has 0 aromatic carbocycles. The number of carboxylic acid groups (broad SMARTS) is 2. The molecule has 8 heteroatoms. The van der Waals surface area contributed by atoms with Gasteiger partial charge in [0.25, 0.3) is 0 Å². The summed E-state index contributed by atoms with van der Waals surface area (Å²) in [5.41, 5.74) is 0. The molecule has 9 heavy (non-hydrogen) atoms. The molecule has 0 saturated heterocycles. The van der Waals surface area contributed by atoms with E-state index in [0.717, 1.165) is 0 Å². The second kappa shape index (κ2) is 11.6. The fraction of sp³-hybridized carbons (Fsp3) is 0. The van der Waals surface area contributed by atoms with Gasteiger partial charge in [0.1, 0.15) is 0 Å². The minimum Gasteiger partial charge on any atom is -1.00 e. The van der Waals surface area contributed by atoms with Crippen LogP contribution >= 0.6 is 0 Å². The van der Waals surface area contributed by atoms with Crippen LogP contribution in [0.4, 0.5) is 4.79 Å². The van der Waals surface area contributed by atoms with Crippen LogP contribution in [0, 0.1) is 0 Å². The third-order valence-electron chi connectivity index (χ3n) is 0. The molecule has 0 aliphatic carbocycles. The largest absolute Gasteiger partial charge is 1.00 e. The Bertz CT molecular complexity index is 62.0. The second-order valence-corrected chi connectivity index (χ2v) is 0.629. The summed E-state index contributed by atoms with van der Waals surface area (Å²) in [4.78, 5) is 8.56. The van der Waals surface area contributed by atoms with Gasteiger partial charge in [-0.3, -0.25) is 0 Å². The Morgan fingerprint density at radius 3 is 1.22 bits per heavy atom. The fourth-order valence-electron chi connectivity index (χ4n) is 0. The van der Waals surface area contributed by atoms with E-state index >= 15 is 0 Å². The van der Waals surface area contributed by atoms with Crippen LogP contribution in [-0.4, -0.2) is 38.8 Å². The van der Waals surface area contributed by atoms with Crippen molar-refractivity contribution >= 4 is 13.5 Å². The van der Waals surface area contributed by atoms with Crippen molar-refractivity contribution in [3.05, 3.63) is 0 Å². The predicted molar refractivity (Wildman–Crippen MR) is 24.2 cm³/mol. The Morgan fingerprint density at radius 1 is 1.22 bits per heavy atom. The molecule has 50 valence electrons. The summed E-state index contributed by atoms with van der Waals surface area (Å²) >= 11 is 0. The van der Waals surface area contributed by atoms with Gasteiger partial charge in [-0.25, -0.2) is 4.79 Å². The van der Waals surface area contributed by atoms with Crippen molar-refractivity contribution in [2.24, 2.45) is 0 Å². The summed E-state index contributed by atoms with van der Waals surface area (Å²) in [7, 11) is -2.17. The first-order valence-electron chi connectivity index (χ1n) is 1.43. The van der Waals surface area contributed by atoms with Crippen molar-refractivity contribution < 1.29 is 82.9 Å². The molecule has 0 saturated carbocycles. The molecule has 0 atom stereocenters. The fourth-order valence-corrected chi connectivity index (χ4v) is 0. The van der Waals surface area contributed by atoms with E-state index in [1.807, 2.05) is 0 Å². The van der Waals surface area contributed by atoms with Crippen LogP contribution in [0.5, 0.6) is 0 Å². The van der Waals surface area contributed by atoms with E-state index in [1.165, 1.54) is 0 Å². The number of hydrogen-bond donors (Lipinski definition) is 5. The zero-order valence-corrected chi connectivity index (χ0v) is 7.84. The third kappa shape index (κ3) is 573. The molecule has 0 heterocycles. The molecule has 0 spiro atoms. The second-order valence-electron chi connectivity index (χ2n) is 0.629. The van der Waals surface area contributed by atoms with Crippen molar-refractivity contribution in [3.63, 3.8) is 0 Å². The van der Waals surface area contributed by atoms with Gasteiger partial charge in [0.15, 0.2) is 0 Å². The van der Waals surface area contributed by atoms with Gasteiger partial charge in [-0.2, -0.15) is 0 Å². The van der Waals surface area contributed by atoms with Crippen molar-refractivity contribution in [2.45, 2.75) is 0 Å². The Balaban J connectivity index is -0.0000000300. The van der Waals surface area contributed by atoms with Crippen LogP contribution < -0.4 is 51.4 Å². The van der Waals surface area contributed by atoms with E-state index in [0.29, 0.717) is 0 Å². The van der Waals surface area contributed by atoms with Gasteiger partial charge < -0.3 is 26.7 Å². The molecule has 0 bridgehead atoms. The van der Waals surface area contributed by atoms with Gasteiger partial charge in [-0.05, 0) is 0 Å². The standard InChI is InChI=1S/CH2O3.BH3O3.K.H/c2*2-1(3)4;;/h(H2,2,3,4);2-4H;;/q;;+1;-1. The van der Waals surface area contributed by atoms with Crippen molar-refractivity contribution in [2.75, 3.05) is 0 Å². The summed E-state index contributed by atoms with van der Waals surface area (Å²) in [6.45, 7) is 0. The van der Waals surface area contributed by atoms with Crippen molar-refractivity contribution in [3.8, 4) is 0 Å². The molecule has 0 aromatic rings. The van der Waals surface area contributed by atoms with Crippen LogP contribution in [0.2, 0.25) is 0 Å². The van der Waals surface area contributed by atoms with Gasteiger partial charge in [0.05, 0.1) is 0 Å². The average Bonchev–Trinajstić information content (AvgIpc) is 1.25. The molecule has 6 nitrogen and oxygen atoms in total. The molecule has 0 radical (unpaired) electrons. The number of carbonyl (C=O) groups is 1. The molecule has 0 unspecified atom stereocenters. The molecule has 0 fully saturated rings. The molecule has 0 amide bonds. The SMILES string of the molecule is O=C(O)O.OB(O)O.[H-].[K+]. The van der Waals surface area contributed by atoms with Crippen LogP contribution in [-0.2, 0) is 0 Å². The van der Waals surface area contributed by atoms with Crippen molar-refractivity contribution in [1.29, 1.82) is 0 Å². The molecule has 5 N–H and O–H groups in total. The van der Waals surface area contributed by atoms with E-state index in [9.17, 15) is 0 Å². The normalized spacial score (nSPS) is 5.67. The predicted octanol–water partition coefficient (Wildman–Crippen LogP) is -4.71. The van der Waals surface area contributed by atoms with E-state index in [4.69, 9.17) is 30.1 Å². The maximum absolute atomic E-state index is 8.56. The summed E-state index contributed by atoms with van der Waals surface area (Å²) in [6, 6.07) is 0. The maximum atomic E-state index is 8.56. The first kappa shape index (κ1) is 16.4. The topological polar surface area (TPSA) is 118 Å². The van der Waals surface area contributed by atoms with Gasteiger partial charge in [-0.15, -0.1) is 0 Å². The van der Waals surface area contributed by atoms with Crippen LogP contribution in [0.3, 0.4) is 0 Å². The average molecular weight is 164 g/mol.